The Morgan fingerprint density at radius 3 is 2.74 bits per heavy atom. The summed E-state index contributed by atoms with van der Waals surface area (Å²) in [5.41, 5.74) is 0.810. The Bertz CT molecular complexity index is 798. The molecule has 7 heteroatoms. The minimum absolute atomic E-state index is 0.0368. The van der Waals surface area contributed by atoms with Crippen molar-refractivity contribution in [2.24, 2.45) is 0 Å². The average Bonchev–Trinajstić information content (AvgIpc) is 2.68. The lowest BCUT2D eigenvalue weighted by Gasteiger charge is -2.28. The maximum atomic E-state index is 12.2. The normalized spacial score (nSPS) is 13.2. The summed E-state index contributed by atoms with van der Waals surface area (Å²) in [6.07, 6.45) is 1.63. The smallest absolute Gasteiger partial charge is 0.240 e. The van der Waals surface area contributed by atoms with Crippen LogP contribution in [0.1, 0.15) is 12.8 Å². The second-order valence-electron chi connectivity index (χ2n) is 6.10. The highest BCUT2D eigenvalue weighted by atomic mass is 35.5. The van der Waals surface area contributed by atoms with Crippen molar-refractivity contribution >= 4 is 40.9 Å². The third-order valence-corrected chi connectivity index (χ3v) is 5.39. The van der Waals surface area contributed by atoms with E-state index in [-0.39, 0.29) is 18.4 Å². The van der Waals surface area contributed by atoms with Gasteiger partial charge < -0.3 is 15.0 Å². The number of thioether (sulfide) groups is 1. The molecule has 0 atom stereocenters. The Morgan fingerprint density at radius 2 is 1.93 bits per heavy atom. The Labute approximate surface area is 168 Å². The minimum atomic E-state index is -0.149. The average molecular weight is 405 g/mol. The van der Waals surface area contributed by atoms with Gasteiger partial charge >= 0.3 is 0 Å². The van der Waals surface area contributed by atoms with Crippen LogP contribution < -0.4 is 15.0 Å². The number of carbonyl (C=O) groups is 2. The molecule has 142 valence electrons. The summed E-state index contributed by atoms with van der Waals surface area (Å²) >= 11 is 7.34. The van der Waals surface area contributed by atoms with Gasteiger partial charge in [0.05, 0.1) is 18.0 Å². The van der Waals surface area contributed by atoms with Crippen molar-refractivity contribution < 1.29 is 14.3 Å². The summed E-state index contributed by atoms with van der Waals surface area (Å²) in [6, 6.07) is 14.9. The second kappa shape index (κ2) is 9.67. The second-order valence-corrected chi connectivity index (χ2v) is 7.55. The summed E-state index contributed by atoms with van der Waals surface area (Å²) in [7, 11) is 0. The van der Waals surface area contributed by atoms with Crippen LogP contribution in [0.3, 0.4) is 0 Å². The predicted molar refractivity (Wildman–Crippen MR) is 109 cm³/mol. The lowest BCUT2D eigenvalue weighted by molar-refractivity contribution is -0.123. The molecule has 0 saturated heterocycles. The van der Waals surface area contributed by atoms with Gasteiger partial charge in [0.2, 0.25) is 11.8 Å². The standard InChI is InChI=1S/C20H21ClN2O3S/c21-15-7-9-16(10-8-15)26-12-4-3-11-22-19(24)13-23-17-5-1-2-6-18(17)27-14-20(23)25/h1-2,5-10H,3-4,11-14H2,(H,22,24). The molecular formula is C20H21ClN2O3S. The summed E-state index contributed by atoms with van der Waals surface area (Å²) in [5.74, 6) is 0.962. The molecule has 0 aromatic heterocycles. The topological polar surface area (TPSA) is 58.6 Å². The predicted octanol–water partition coefficient (Wildman–Crippen LogP) is 3.75. The van der Waals surface area contributed by atoms with E-state index < -0.39 is 0 Å². The number of rotatable bonds is 8. The van der Waals surface area contributed by atoms with Crippen LogP contribution in [-0.2, 0) is 9.59 Å². The number of nitrogens with zero attached hydrogens (tertiary/aromatic N) is 1. The summed E-state index contributed by atoms with van der Waals surface area (Å²) < 4.78 is 5.62. The van der Waals surface area contributed by atoms with Crippen LogP contribution in [0, 0.1) is 0 Å². The molecule has 0 fully saturated rings. The molecule has 3 rings (SSSR count). The fourth-order valence-electron chi connectivity index (χ4n) is 2.70. The van der Waals surface area contributed by atoms with Gasteiger partial charge in [0, 0.05) is 16.5 Å². The molecule has 1 aliphatic heterocycles. The lowest BCUT2D eigenvalue weighted by atomic mass is 10.2. The molecular weight excluding hydrogens is 384 g/mol. The van der Waals surface area contributed by atoms with Gasteiger partial charge in [-0.15, -0.1) is 11.8 Å². The molecule has 2 amide bonds. The molecule has 0 aliphatic carbocycles. The maximum Gasteiger partial charge on any atom is 0.240 e. The largest absolute Gasteiger partial charge is 0.494 e. The molecule has 1 heterocycles. The SMILES string of the molecule is O=C(CN1C(=O)CSc2ccccc21)NCCCCOc1ccc(Cl)cc1. The number of amides is 2. The first-order valence-electron chi connectivity index (χ1n) is 8.81. The maximum absolute atomic E-state index is 12.2. The van der Waals surface area contributed by atoms with Gasteiger partial charge in [-0.1, -0.05) is 23.7 Å². The monoisotopic (exact) mass is 404 g/mol. The van der Waals surface area contributed by atoms with Gasteiger partial charge in [-0.05, 0) is 49.2 Å². The van der Waals surface area contributed by atoms with Crippen LogP contribution in [0.15, 0.2) is 53.4 Å². The van der Waals surface area contributed by atoms with E-state index in [1.807, 2.05) is 36.4 Å². The zero-order valence-corrected chi connectivity index (χ0v) is 16.4. The number of hydrogen-bond acceptors (Lipinski definition) is 4. The van der Waals surface area contributed by atoms with E-state index in [2.05, 4.69) is 5.32 Å². The fourth-order valence-corrected chi connectivity index (χ4v) is 3.76. The summed E-state index contributed by atoms with van der Waals surface area (Å²) in [5, 5.41) is 3.55. The van der Waals surface area contributed by atoms with Crippen molar-refractivity contribution in [3.8, 4) is 5.75 Å². The molecule has 0 unspecified atom stereocenters. The Morgan fingerprint density at radius 1 is 1.15 bits per heavy atom. The quantitative estimate of drug-likeness (QED) is 0.680. The first-order valence-corrected chi connectivity index (χ1v) is 10.2. The third kappa shape index (κ3) is 5.65. The van der Waals surface area contributed by atoms with Crippen molar-refractivity contribution in [1.82, 2.24) is 5.32 Å². The van der Waals surface area contributed by atoms with Crippen molar-refractivity contribution in [2.45, 2.75) is 17.7 Å². The molecule has 27 heavy (non-hydrogen) atoms. The highest BCUT2D eigenvalue weighted by Gasteiger charge is 2.25. The number of halogens is 1. The number of carbonyl (C=O) groups excluding carboxylic acids is 2. The Balaban J connectivity index is 1.36. The van der Waals surface area contributed by atoms with Crippen LogP contribution in [0.2, 0.25) is 5.02 Å². The van der Waals surface area contributed by atoms with E-state index in [0.29, 0.717) is 23.9 Å². The first kappa shape index (κ1) is 19.6. The van der Waals surface area contributed by atoms with Crippen molar-refractivity contribution in [3.63, 3.8) is 0 Å². The summed E-state index contributed by atoms with van der Waals surface area (Å²) in [6.45, 7) is 1.19. The number of nitrogens with one attached hydrogen (secondary N) is 1. The zero-order chi connectivity index (χ0) is 19.1. The molecule has 2 aromatic carbocycles. The number of ether oxygens (including phenoxy) is 1. The van der Waals surface area contributed by atoms with Crippen LogP contribution in [0.4, 0.5) is 5.69 Å². The number of unbranched alkanes of at least 4 members (excludes halogenated alkanes) is 1. The zero-order valence-electron chi connectivity index (χ0n) is 14.8. The molecule has 0 radical (unpaired) electrons. The van der Waals surface area contributed by atoms with E-state index >= 15 is 0 Å². The van der Waals surface area contributed by atoms with Gasteiger partial charge in [0.15, 0.2) is 0 Å². The molecule has 0 bridgehead atoms. The van der Waals surface area contributed by atoms with E-state index in [4.69, 9.17) is 16.3 Å². The molecule has 5 nitrogen and oxygen atoms in total. The first-order chi connectivity index (χ1) is 13.1. The highest BCUT2D eigenvalue weighted by molar-refractivity contribution is 8.00. The van der Waals surface area contributed by atoms with Crippen molar-refractivity contribution in [2.75, 3.05) is 30.3 Å². The van der Waals surface area contributed by atoms with Crippen LogP contribution >= 0.6 is 23.4 Å². The van der Waals surface area contributed by atoms with Crippen molar-refractivity contribution in [1.29, 1.82) is 0 Å². The molecule has 0 saturated carbocycles. The minimum Gasteiger partial charge on any atom is -0.494 e. The van der Waals surface area contributed by atoms with Gasteiger partial charge in [0.1, 0.15) is 12.3 Å². The number of fused-ring (bicyclic) bond motifs is 1. The Kier molecular flexibility index (Phi) is 7.01. The number of para-hydroxylation sites is 1. The van der Waals surface area contributed by atoms with E-state index in [1.165, 1.54) is 11.8 Å². The molecule has 1 N–H and O–H groups in total. The van der Waals surface area contributed by atoms with Gasteiger partial charge in [-0.2, -0.15) is 0 Å². The summed E-state index contributed by atoms with van der Waals surface area (Å²) in [4.78, 5) is 27.0. The van der Waals surface area contributed by atoms with Gasteiger partial charge in [-0.3, -0.25) is 9.59 Å². The number of benzene rings is 2. The van der Waals surface area contributed by atoms with Crippen molar-refractivity contribution in [3.05, 3.63) is 53.6 Å². The van der Waals surface area contributed by atoms with Crippen LogP contribution in [-0.4, -0.2) is 37.3 Å². The third-order valence-electron chi connectivity index (χ3n) is 4.09. The fraction of sp³-hybridized carbons (Fsp3) is 0.300. The highest BCUT2D eigenvalue weighted by Crippen LogP contribution is 2.34. The number of hydrogen-bond donors (Lipinski definition) is 1. The van der Waals surface area contributed by atoms with E-state index in [9.17, 15) is 9.59 Å². The Hall–Kier alpha value is -2.18. The van der Waals surface area contributed by atoms with Gasteiger partial charge in [0.25, 0.3) is 0 Å². The van der Waals surface area contributed by atoms with Crippen LogP contribution in [0.25, 0.3) is 0 Å². The molecule has 0 spiro atoms. The van der Waals surface area contributed by atoms with E-state index in [0.717, 1.165) is 29.2 Å². The van der Waals surface area contributed by atoms with E-state index in [1.54, 1.807) is 17.0 Å². The molecule has 2 aromatic rings. The lowest BCUT2D eigenvalue weighted by Crippen LogP contribution is -2.43. The molecule has 1 aliphatic rings. The van der Waals surface area contributed by atoms with Crippen LogP contribution in [0.5, 0.6) is 5.75 Å². The van der Waals surface area contributed by atoms with Gasteiger partial charge in [-0.25, -0.2) is 0 Å². The number of anilines is 1.